The maximum Gasteiger partial charge on any atom is 0.246 e. The molecule has 0 aliphatic rings. The summed E-state index contributed by atoms with van der Waals surface area (Å²) in [5.41, 5.74) is 5.02. The predicted octanol–water partition coefficient (Wildman–Crippen LogP) is 0.723. The zero-order valence-corrected chi connectivity index (χ0v) is 9.93. The minimum Gasteiger partial charge on any atom is -0.394 e. The van der Waals surface area contributed by atoms with Gasteiger partial charge in [0, 0.05) is 6.61 Å². The summed E-state index contributed by atoms with van der Waals surface area (Å²) < 4.78 is 10.6. The molecule has 1 aromatic rings. The van der Waals surface area contributed by atoms with Gasteiger partial charge in [-0.1, -0.05) is 12.1 Å². The fraction of sp³-hybridized carbons (Fsp3) is 0.800. The van der Waals surface area contributed by atoms with Crippen LogP contribution in [0.25, 0.3) is 0 Å². The summed E-state index contributed by atoms with van der Waals surface area (Å²) in [7, 11) is 0. The monoisotopic (exact) mass is 229 g/mol. The van der Waals surface area contributed by atoms with E-state index in [2.05, 4.69) is 10.1 Å². The maximum atomic E-state index is 8.88. The molecule has 0 saturated heterocycles. The standard InChI is InChI=1S/C10H19N3O3/c1-4-10(3,15-5-2)9-12-8(16-13-9)7(11)6-14/h7,14H,4-6,11H2,1-3H3/t7-,10?/m1/s1. The fourth-order valence-corrected chi connectivity index (χ4v) is 1.32. The summed E-state index contributed by atoms with van der Waals surface area (Å²) in [5.74, 6) is 0.702. The number of aliphatic hydroxyl groups is 1. The van der Waals surface area contributed by atoms with Crippen molar-refractivity contribution in [3.63, 3.8) is 0 Å². The summed E-state index contributed by atoms with van der Waals surface area (Å²) in [6, 6.07) is -0.635. The highest BCUT2D eigenvalue weighted by Crippen LogP contribution is 2.26. The van der Waals surface area contributed by atoms with Crippen molar-refractivity contribution in [3.8, 4) is 0 Å². The van der Waals surface area contributed by atoms with Gasteiger partial charge in [-0.25, -0.2) is 0 Å². The van der Waals surface area contributed by atoms with E-state index in [0.29, 0.717) is 12.4 Å². The van der Waals surface area contributed by atoms with Crippen molar-refractivity contribution < 1.29 is 14.4 Å². The molecule has 0 radical (unpaired) electrons. The van der Waals surface area contributed by atoms with E-state index in [9.17, 15) is 0 Å². The van der Waals surface area contributed by atoms with Crippen LogP contribution in [0.4, 0.5) is 0 Å². The SMILES string of the molecule is CCOC(C)(CC)c1noc([C@H](N)CO)n1. The van der Waals surface area contributed by atoms with Gasteiger partial charge in [-0.05, 0) is 20.3 Å². The molecular weight excluding hydrogens is 210 g/mol. The van der Waals surface area contributed by atoms with Crippen LogP contribution in [0.3, 0.4) is 0 Å². The number of nitrogens with zero attached hydrogens (tertiary/aromatic N) is 2. The average molecular weight is 229 g/mol. The van der Waals surface area contributed by atoms with Gasteiger partial charge in [0.05, 0.1) is 6.61 Å². The van der Waals surface area contributed by atoms with Crippen LogP contribution in [-0.2, 0) is 10.3 Å². The van der Waals surface area contributed by atoms with Crippen molar-refractivity contribution in [2.75, 3.05) is 13.2 Å². The Morgan fingerprint density at radius 3 is 2.75 bits per heavy atom. The van der Waals surface area contributed by atoms with Crippen molar-refractivity contribution in [2.24, 2.45) is 5.73 Å². The molecule has 0 aliphatic heterocycles. The van der Waals surface area contributed by atoms with E-state index >= 15 is 0 Å². The molecule has 3 N–H and O–H groups in total. The quantitative estimate of drug-likeness (QED) is 0.746. The lowest BCUT2D eigenvalue weighted by molar-refractivity contribution is -0.0403. The third kappa shape index (κ3) is 2.58. The Morgan fingerprint density at radius 1 is 1.56 bits per heavy atom. The van der Waals surface area contributed by atoms with Crippen LogP contribution in [0, 0.1) is 0 Å². The van der Waals surface area contributed by atoms with Crippen LogP contribution in [0.2, 0.25) is 0 Å². The number of nitrogens with two attached hydrogens (primary N) is 1. The smallest absolute Gasteiger partial charge is 0.246 e. The predicted molar refractivity (Wildman–Crippen MR) is 57.6 cm³/mol. The van der Waals surface area contributed by atoms with Gasteiger partial charge in [0.25, 0.3) is 0 Å². The van der Waals surface area contributed by atoms with Gasteiger partial charge in [-0.3, -0.25) is 0 Å². The van der Waals surface area contributed by atoms with E-state index in [-0.39, 0.29) is 12.5 Å². The Balaban J connectivity index is 2.90. The molecule has 1 rings (SSSR count). The van der Waals surface area contributed by atoms with Gasteiger partial charge in [-0.15, -0.1) is 0 Å². The molecule has 2 atom stereocenters. The molecule has 0 aliphatic carbocycles. The molecule has 0 saturated carbocycles. The molecule has 0 spiro atoms. The number of rotatable bonds is 6. The topological polar surface area (TPSA) is 94.4 Å². The second kappa shape index (κ2) is 5.38. The van der Waals surface area contributed by atoms with E-state index in [1.807, 2.05) is 20.8 Å². The number of hydrogen-bond donors (Lipinski definition) is 2. The lowest BCUT2D eigenvalue weighted by atomic mass is 10.0. The lowest BCUT2D eigenvalue weighted by Crippen LogP contribution is -2.27. The molecule has 0 amide bonds. The molecule has 6 nitrogen and oxygen atoms in total. The maximum absolute atomic E-state index is 8.88. The Labute approximate surface area is 94.8 Å². The van der Waals surface area contributed by atoms with E-state index in [4.69, 9.17) is 20.1 Å². The number of hydrogen-bond acceptors (Lipinski definition) is 6. The van der Waals surface area contributed by atoms with E-state index in [0.717, 1.165) is 6.42 Å². The first-order valence-corrected chi connectivity index (χ1v) is 5.41. The highest BCUT2D eigenvalue weighted by molar-refractivity contribution is 5.01. The number of aliphatic hydroxyl groups excluding tert-OH is 1. The summed E-state index contributed by atoms with van der Waals surface area (Å²) >= 11 is 0. The molecule has 6 heteroatoms. The first kappa shape index (κ1) is 13.1. The lowest BCUT2D eigenvalue weighted by Gasteiger charge is -2.23. The van der Waals surface area contributed by atoms with Crippen LogP contribution >= 0.6 is 0 Å². The van der Waals surface area contributed by atoms with Crippen LogP contribution in [0.15, 0.2) is 4.52 Å². The Morgan fingerprint density at radius 2 is 2.25 bits per heavy atom. The normalized spacial score (nSPS) is 17.1. The highest BCUT2D eigenvalue weighted by Gasteiger charge is 2.31. The second-order valence-corrected chi connectivity index (χ2v) is 3.76. The molecule has 16 heavy (non-hydrogen) atoms. The van der Waals surface area contributed by atoms with Gasteiger partial charge in [-0.2, -0.15) is 4.98 Å². The number of aromatic nitrogens is 2. The first-order chi connectivity index (χ1) is 7.57. The zero-order chi connectivity index (χ0) is 12.2. The van der Waals surface area contributed by atoms with Crippen LogP contribution in [0.1, 0.15) is 44.9 Å². The molecule has 0 fully saturated rings. The summed E-state index contributed by atoms with van der Waals surface area (Å²) in [6.07, 6.45) is 0.730. The molecule has 0 aromatic carbocycles. The summed E-state index contributed by atoms with van der Waals surface area (Å²) in [6.45, 7) is 6.14. The van der Waals surface area contributed by atoms with E-state index < -0.39 is 11.6 Å². The van der Waals surface area contributed by atoms with Gasteiger partial charge in [0.15, 0.2) is 0 Å². The van der Waals surface area contributed by atoms with Crippen molar-refractivity contribution in [2.45, 2.75) is 38.8 Å². The van der Waals surface area contributed by atoms with E-state index in [1.165, 1.54) is 0 Å². The largest absolute Gasteiger partial charge is 0.394 e. The minimum absolute atomic E-state index is 0.223. The first-order valence-electron chi connectivity index (χ1n) is 5.41. The number of ether oxygens (including phenoxy) is 1. The third-order valence-corrected chi connectivity index (χ3v) is 2.57. The Kier molecular flexibility index (Phi) is 4.40. The molecule has 1 aromatic heterocycles. The highest BCUT2D eigenvalue weighted by atomic mass is 16.5. The zero-order valence-electron chi connectivity index (χ0n) is 9.93. The van der Waals surface area contributed by atoms with Gasteiger partial charge >= 0.3 is 0 Å². The molecule has 1 unspecified atom stereocenters. The Bertz CT molecular complexity index is 329. The molecule has 92 valence electrons. The van der Waals surface area contributed by atoms with Crippen LogP contribution in [0.5, 0.6) is 0 Å². The molecule has 1 heterocycles. The molecule has 0 bridgehead atoms. The Hall–Kier alpha value is -0.980. The van der Waals surface area contributed by atoms with Gasteiger partial charge < -0.3 is 20.1 Å². The van der Waals surface area contributed by atoms with Crippen molar-refractivity contribution in [1.82, 2.24) is 10.1 Å². The average Bonchev–Trinajstić information content (AvgIpc) is 2.78. The van der Waals surface area contributed by atoms with E-state index in [1.54, 1.807) is 0 Å². The van der Waals surface area contributed by atoms with Crippen molar-refractivity contribution in [1.29, 1.82) is 0 Å². The fourth-order valence-electron chi connectivity index (χ4n) is 1.32. The van der Waals surface area contributed by atoms with Gasteiger partial charge in [0.2, 0.25) is 11.7 Å². The molecular formula is C10H19N3O3. The van der Waals surface area contributed by atoms with Crippen LogP contribution in [-0.4, -0.2) is 28.5 Å². The van der Waals surface area contributed by atoms with Crippen molar-refractivity contribution in [3.05, 3.63) is 11.7 Å². The minimum atomic E-state index is -0.635. The summed E-state index contributed by atoms with van der Waals surface area (Å²) in [4.78, 5) is 4.15. The van der Waals surface area contributed by atoms with Crippen molar-refractivity contribution >= 4 is 0 Å². The third-order valence-electron chi connectivity index (χ3n) is 2.57. The second-order valence-electron chi connectivity index (χ2n) is 3.76. The van der Waals surface area contributed by atoms with Crippen LogP contribution < -0.4 is 5.73 Å². The van der Waals surface area contributed by atoms with Gasteiger partial charge in [0.1, 0.15) is 11.6 Å². The summed E-state index contributed by atoms with van der Waals surface area (Å²) in [5, 5.41) is 12.7.